The number of hydrogen-bond acceptors (Lipinski definition) is 4. The lowest BCUT2D eigenvalue weighted by molar-refractivity contribution is 0.280. The molecule has 5 nitrogen and oxygen atoms in total. The van der Waals surface area contributed by atoms with Gasteiger partial charge in [0.15, 0.2) is 9.84 Å². The highest BCUT2D eigenvalue weighted by atomic mass is 32.2. The van der Waals surface area contributed by atoms with E-state index in [9.17, 15) is 12.8 Å². The number of hydrogen-bond donors (Lipinski definition) is 2. The molecule has 0 amide bonds. The third-order valence-corrected chi connectivity index (χ3v) is 6.15. The second kappa shape index (κ2) is 8.49. The highest BCUT2D eigenvalue weighted by molar-refractivity contribution is 7.90. The molecule has 0 aliphatic heterocycles. The van der Waals surface area contributed by atoms with Crippen LogP contribution in [-0.2, 0) is 9.84 Å². The molecule has 29 heavy (non-hydrogen) atoms. The number of rotatable bonds is 7. The molecule has 154 valence electrons. The van der Waals surface area contributed by atoms with E-state index in [1.54, 1.807) is 36.4 Å². The van der Waals surface area contributed by atoms with Gasteiger partial charge < -0.3 is 15.4 Å². The van der Waals surface area contributed by atoms with Gasteiger partial charge in [-0.05, 0) is 73.4 Å². The third kappa shape index (κ3) is 4.58. The fourth-order valence-corrected chi connectivity index (χ4v) is 4.11. The molecular formula is C22H25FN2O3S. The van der Waals surface area contributed by atoms with Gasteiger partial charge in [-0.1, -0.05) is 12.1 Å². The van der Waals surface area contributed by atoms with Gasteiger partial charge in [-0.3, -0.25) is 0 Å². The average molecular weight is 417 g/mol. The first kappa shape index (κ1) is 21.2. The number of aliphatic hydroxyl groups is 1. The molecule has 3 N–H and O–H groups in total. The molecule has 3 rings (SSSR count). The van der Waals surface area contributed by atoms with Gasteiger partial charge in [-0.25, -0.2) is 12.8 Å². The lowest BCUT2D eigenvalue weighted by atomic mass is 10.0. The van der Waals surface area contributed by atoms with Gasteiger partial charge in [0.2, 0.25) is 0 Å². The van der Waals surface area contributed by atoms with E-state index in [4.69, 9.17) is 10.8 Å². The van der Waals surface area contributed by atoms with Crippen molar-refractivity contribution in [3.8, 4) is 16.9 Å². The summed E-state index contributed by atoms with van der Waals surface area (Å²) in [5.41, 5.74) is 10.7. The van der Waals surface area contributed by atoms with Gasteiger partial charge >= 0.3 is 0 Å². The summed E-state index contributed by atoms with van der Waals surface area (Å²) in [4.78, 5) is 0.248. The van der Waals surface area contributed by atoms with E-state index in [0.717, 1.165) is 28.2 Å². The van der Waals surface area contributed by atoms with E-state index < -0.39 is 9.84 Å². The van der Waals surface area contributed by atoms with E-state index >= 15 is 0 Å². The van der Waals surface area contributed by atoms with Gasteiger partial charge in [-0.15, -0.1) is 0 Å². The number of benzene rings is 2. The van der Waals surface area contributed by atoms with Crippen molar-refractivity contribution < 1.29 is 17.9 Å². The Morgan fingerprint density at radius 3 is 2.28 bits per heavy atom. The summed E-state index contributed by atoms with van der Waals surface area (Å²) in [6.45, 7) is 2.02. The second-order valence-electron chi connectivity index (χ2n) is 7.15. The van der Waals surface area contributed by atoms with Crippen LogP contribution in [0.4, 0.5) is 4.39 Å². The molecule has 0 saturated carbocycles. The van der Waals surface area contributed by atoms with E-state index in [0.29, 0.717) is 12.8 Å². The number of aromatic nitrogens is 1. The summed E-state index contributed by atoms with van der Waals surface area (Å²) in [7, 11) is -3.29. The molecule has 0 radical (unpaired) electrons. The molecule has 7 heteroatoms. The smallest absolute Gasteiger partial charge is 0.175 e. The van der Waals surface area contributed by atoms with E-state index in [1.165, 1.54) is 18.4 Å². The van der Waals surface area contributed by atoms with E-state index in [2.05, 4.69) is 0 Å². The Kier molecular flexibility index (Phi) is 6.21. The quantitative estimate of drug-likeness (QED) is 0.614. The monoisotopic (exact) mass is 416 g/mol. The number of sulfone groups is 1. The Morgan fingerprint density at radius 1 is 1.10 bits per heavy atom. The van der Waals surface area contributed by atoms with Crippen LogP contribution in [0.25, 0.3) is 16.9 Å². The zero-order valence-electron chi connectivity index (χ0n) is 16.5. The zero-order chi connectivity index (χ0) is 21.2. The molecular weight excluding hydrogens is 391 g/mol. The molecule has 1 aromatic heterocycles. The van der Waals surface area contributed by atoms with Crippen molar-refractivity contribution in [2.45, 2.75) is 30.7 Å². The first-order valence-electron chi connectivity index (χ1n) is 9.37. The normalized spacial score (nSPS) is 12.9. The number of nitrogens with two attached hydrogens (primary N) is 1. The van der Waals surface area contributed by atoms with Crippen LogP contribution in [0.2, 0.25) is 0 Å². The predicted molar refractivity (Wildman–Crippen MR) is 112 cm³/mol. The maximum atomic E-state index is 13.4. The first-order chi connectivity index (χ1) is 13.7. The van der Waals surface area contributed by atoms with Crippen LogP contribution in [0.5, 0.6) is 0 Å². The van der Waals surface area contributed by atoms with Gasteiger partial charge in [-0.2, -0.15) is 0 Å². The van der Waals surface area contributed by atoms with Crippen molar-refractivity contribution in [1.82, 2.24) is 4.57 Å². The average Bonchev–Trinajstić information content (AvgIpc) is 3.03. The fourth-order valence-electron chi connectivity index (χ4n) is 3.48. The standard InChI is InChI=1S/C22H25FN2O3S/c1-15-20(21(24)4-3-13-26)14-22(25(15)18-9-7-17(23)8-10-18)16-5-11-19(12-6-16)29(2,27)28/h5-12,14,21,26H,3-4,13,24H2,1-2H3/t21-/m0/s1. The van der Waals surface area contributed by atoms with Gasteiger partial charge in [0.05, 0.1) is 10.6 Å². The van der Waals surface area contributed by atoms with Crippen molar-refractivity contribution in [2.75, 3.05) is 12.9 Å². The molecule has 0 bridgehead atoms. The second-order valence-corrected chi connectivity index (χ2v) is 9.17. The minimum absolute atomic E-state index is 0.0746. The van der Waals surface area contributed by atoms with Crippen molar-refractivity contribution in [1.29, 1.82) is 0 Å². The number of halogens is 1. The molecule has 2 aromatic carbocycles. The molecule has 0 spiro atoms. The van der Waals surface area contributed by atoms with Crippen LogP contribution in [0.15, 0.2) is 59.5 Å². The highest BCUT2D eigenvalue weighted by Crippen LogP contribution is 2.33. The van der Waals surface area contributed by atoms with Gasteiger partial charge in [0, 0.05) is 30.3 Å². The van der Waals surface area contributed by atoms with Crippen molar-refractivity contribution in [3.05, 3.63) is 71.7 Å². The van der Waals surface area contributed by atoms with Crippen LogP contribution < -0.4 is 5.73 Å². The molecule has 0 unspecified atom stereocenters. The first-order valence-corrected chi connectivity index (χ1v) is 11.3. The summed E-state index contributed by atoms with van der Waals surface area (Å²) in [6, 6.07) is 14.6. The van der Waals surface area contributed by atoms with Crippen LogP contribution in [-0.4, -0.2) is 31.0 Å². The van der Waals surface area contributed by atoms with Crippen molar-refractivity contribution in [3.63, 3.8) is 0 Å². The third-order valence-electron chi connectivity index (χ3n) is 5.02. The predicted octanol–water partition coefficient (Wildman–Crippen LogP) is 3.77. The fraction of sp³-hybridized carbons (Fsp3) is 0.273. The lowest BCUT2D eigenvalue weighted by Gasteiger charge is -2.14. The van der Waals surface area contributed by atoms with Crippen molar-refractivity contribution >= 4 is 9.84 Å². The molecule has 1 atom stereocenters. The van der Waals surface area contributed by atoms with E-state index in [1.807, 2.05) is 17.6 Å². The molecule has 0 fully saturated rings. The summed E-state index contributed by atoms with van der Waals surface area (Å²) in [5.74, 6) is -0.322. The SMILES string of the molecule is Cc1c([C@@H](N)CCCO)cc(-c2ccc(S(C)(=O)=O)cc2)n1-c1ccc(F)cc1. The Morgan fingerprint density at radius 2 is 1.72 bits per heavy atom. The summed E-state index contributed by atoms with van der Waals surface area (Å²) in [6.07, 6.45) is 2.41. The molecule has 3 aromatic rings. The van der Waals surface area contributed by atoms with E-state index in [-0.39, 0.29) is 23.4 Å². The number of aliphatic hydroxyl groups excluding tert-OH is 1. The van der Waals surface area contributed by atoms with Crippen LogP contribution in [0.3, 0.4) is 0 Å². The Bertz CT molecular complexity index is 1090. The maximum absolute atomic E-state index is 13.4. The molecule has 0 saturated heterocycles. The van der Waals surface area contributed by atoms with Crippen LogP contribution in [0.1, 0.15) is 30.1 Å². The topological polar surface area (TPSA) is 85.3 Å². The van der Waals surface area contributed by atoms with Crippen molar-refractivity contribution in [2.24, 2.45) is 5.73 Å². The maximum Gasteiger partial charge on any atom is 0.175 e. The summed E-state index contributed by atoms with van der Waals surface area (Å²) >= 11 is 0. The largest absolute Gasteiger partial charge is 0.396 e. The minimum Gasteiger partial charge on any atom is -0.396 e. The number of nitrogens with zero attached hydrogens (tertiary/aromatic N) is 1. The van der Waals surface area contributed by atoms with Crippen LogP contribution >= 0.6 is 0 Å². The van der Waals surface area contributed by atoms with Gasteiger partial charge in [0.25, 0.3) is 0 Å². The van der Waals surface area contributed by atoms with Gasteiger partial charge in [0.1, 0.15) is 5.82 Å². The zero-order valence-corrected chi connectivity index (χ0v) is 17.3. The van der Waals surface area contributed by atoms with Crippen LogP contribution in [0, 0.1) is 12.7 Å². The lowest BCUT2D eigenvalue weighted by Crippen LogP contribution is -2.12. The molecule has 1 heterocycles. The highest BCUT2D eigenvalue weighted by Gasteiger charge is 2.19. The molecule has 0 aliphatic rings. The summed E-state index contributed by atoms with van der Waals surface area (Å²) in [5, 5.41) is 9.12. The Balaban J connectivity index is 2.15. The minimum atomic E-state index is -3.29. The summed E-state index contributed by atoms with van der Waals surface area (Å²) < 4.78 is 39.0. The molecule has 0 aliphatic carbocycles. The Hall–Kier alpha value is -2.48. The Labute approximate surface area is 170 Å².